The molecule has 0 unspecified atom stereocenters. The Morgan fingerprint density at radius 1 is 1.46 bits per heavy atom. The summed E-state index contributed by atoms with van der Waals surface area (Å²) >= 11 is 0. The molecule has 0 amide bonds. The fourth-order valence-electron chi connectivity index (χ4n) is 3.08. The number of fused-ring (bicyclic) bond motifs is 1. The molecule has 0 aromatic rings. The Balaban J connectivity index is 2.21. The monoisotopic (exact) mass is 184 g/mol. The van der Waals surface area contributed by atoms with Gasteiger partial charge in [-0.3, -0.25) is 0 Å². The van der Waals surface area contributed by atoms with Gasteiger partial charge in [-0.25, -0.2) is 0 Å². The highest BCUT2D eigenvalue weighted by molar-refractivity contribution is 5.15. The van der Waals surface area contributed by atoms with Crippen LogP contribution in [0.4, 0.5) is 0 Å². The first-order valence-electron chi connectivity index (χ1n) is 5.31. The fraction of sp³-hybridized carbons (Fsp3) is 1.00. The third-order valence-corrected chi connectivity index (χ3v) is 3.96. The van der Waals surface area contributed by atoms with Crippen molar-refractivity contribution in [3.8, 4) is 0 Å². The van der Waals surface area contributed by atoms with Gasteiger partial charge in [0.1, 0.15) is 5.60 Å². The third-order valence-electron chi connectivity index (χ3n) is 3.96. The lowest BCUT2D eigenvalue weighted by molar-refractivity contribution is -0.202. The normalized spacial score (nSPS) is 47.1. The van der Waals surface area contributed by atoms with Crippen LogP contribution in [0.15, 0.2) is 0 Å². The molecule has 2 heteroatoms. The van der Waals surface area contributed by atoms with Gasteiger partial charge in [0.25, 0.3) is 0 Å². The predicted octanol–water partition coefficient (Wildman–Crippen LogP) is 2.23. The van der Waals surface area contributed by atoms with Crippen LogP contribution in [0.5, 0.6) is 0 Å². The van der Waals surface area contributed by atoms with Crippen LogP contribution in [0.1, 0.15) is 34.1 Å². The van der Waals surface area contributed by atoms with Gasteiger partial charge in [-0.1, -0.05) is 6.92 Å². The number of hydrogen-bond donors (Lipinski definition) is 0. The summed E-state index contributed by atoms with van der Waals surface area (Å²) < 4.78 is 11.8. The van der Waals surface area contributed by atoms with Gasteiger partial charge >= 0.3 is 0 Å². The van der Waals surface area contributed by atoms with E-state index in [1.54, 1.807) is 0 Å². The molecular weight excluding hydrogens is 164 g/mol. The van der Waals surface area contributed by atoms with Crippen LogP contribution in [0.25, 0.3) is 0 Å². The van der Waals surface area contributed by atoms with E-state index in [2.05, 4.69) is 27.7 Å². The average Bonchev–Trinajstić information content (AvgIpc) is 2.20. The second-order valence-electron chi connectivity index (χ2n) is 4.93. The molecule has 13 heavy (non-hydrogen) atoms. The molecule has 1 saturated carbocycles. The summed E-state index contributed by atoms with van der Waals surface area (Å²) in [6, 6.07) is 0. The minimum Gasteiger partial charge on any atom is -0.372 e. The van der Waals surface area contributed by atoms with E-state index in [-0.39, 0.29) is 11.2 Å². The van der Waals surface area contributed by atoms with Crippen molar-refractivity contribution in [1.29, 1.82) is 0 Å². The SMILES string of the molecule is CCO[C@@]12C[C@@H](C)[C@@H]1COC2(C)C. The molecule has 1 saturated heterocycles. The Hall–Kier alpha value is -0.0800. The van der Waals surface area contributed by atoms with Crippen LogP contribution in [0, 0.1) is 11.8 Å². The summed E-state index contributed by atoms with van der Waals surface area (Å²) in [6.45, 7) is 10.4. The van der Waals surface area contributed by atoms with E-state index >= 15 is 0 Å². The van der Waals surface area contributed by atoms with Crippen LogP contribution >= 0.6 is 0 Å². The zero-order valence-electron chi connectivity index (χ0n) is 9.09. The molecule has 2 nitrogen and oxygen atoms in total. The zero-order valence-corrected chi connectivity index (χ0v) is 9.09. The largest absolute Gasteiger partial charge is 0.372 e. The third kappa shape index (κ3) is 1.02. The maximum absolute atomic E-state index is 5.95. The minimum absolute atomic E-state index is 0.0289. The van der Waals surface area contributed by atoms with Crippen molar-refractivity contribution in [1.82, 2.24) is 0 Å². The van der Waals surface area contributed by atoms with Crippen LogP contribution in [0.2, 0.25) is 0 Å². The second-order valence-corrected chi connectivity index (χ2v) is 4.93. The van der Waals surface area contributed by atoms with E-state index in [1.165, 1.54) is 6.42 Å². The van der Waals surface area contributed by atoms with E-state index < -0.39 is 0 Å². The lowest BCUT2D eigenvalue weighted by Gasteiger charge is -2.53. The van der Waals surface area contributed by atoms with Crippen molar-refractivity contribution in [2.75, 3.05) is 13.2 Å². The first-order chi connectivity index (χ1) is 6.03. The summed E-state index contributed by atoms with van der Waals surface area (Å²) in [4.78, 5) is 0. The molecule has 0 spiro atoms. The molecule has 1 aliphatic heterocycles. The molecule has 0 aromatic heterocycles. The van der Waals surface area contributed by atoms with Crippen molar-refractivity contribution < 1.29 is 9.47 Å². The van der Waals surface area contributed by atoms with Crippen molar-refractivity contribution in [2.24, 2.45) is 11.8 Å². The smallest absolute Gasteiger partial charge is 0.102 e. The van der Waals surface area contributed by atoms with Gasteiger partial charge in [0.15, 0.2) is 0 Å². The highest BCUT2D eigenvalue weighted by Gasteiger charge is 2.65. The van der Waals surface area contributed by atoms with E-state index in [9.17, 15) is 0 Å². The fourth-order valence-corrected chi connectivity index (χ4v) is 3.08. The van der Waals surface area contributed by atoms with Gasteiger partial charge in [0.05, 0.1) is 12.2 Å². The van der Waals surface area contributed by atoms with E-state index in [0.717, 1.165) is 19.1 Å². The Bertz CT molecular complexity index is 208. The molecular formula is C11H20O2. The van der Waals surface area contributed by atoms with E-state index in [1.807, 2.05) is 0 Å². The number of hydrogen-bond acceptors (Lipinski definition) is 2. The summed E-state index contributed by atoms with van der Waals surface area (Å²) in [5.41, 5.74) is -0.0542. The summed E-state index contributed by atoms with van der Waals surface area (Å²) in [5, 5.41) is 0. The Morgan fingerprint density at radius 2 is 2.15 bits per heavy atom. The number of rotatable bonds is 2. The zero-order chi connectivity index (χ0) is 9.69. The molecule has 0 N–H and O–H groups in total. The summed E-state index contributed by atoms with van der Waals surface area (Å²) in [6.07, 6.45) is 1.17. The van der Waals surface area contributed by atoms with Gasteiger partial charge in [0, 0.05) is 12.5 Å². The van der Waals surface area contributed by atoms with E-state index in [0.29, 0.717) is 5.92 Å². The molecule has 3 atom stereocenters. The van der Waals surface area contributed by atoms with Gasteiger partial charge in [0.2, 0.25) is 0 Å². The van der Waals surface area contributed by atoms with Crippen molar-refractivity contribution in [3.63, 3.8) is 0 Å². The minimum atomic E-state index is -0.0831. The molecule has 0 aromatic carbocycles. The maximum Gasteiger partial charge on any atom is 0.102 e. The first kappa shape index (κ1) is 9.47. The first-order valence-corrected chi connectivity index (χ1v) is 5.31. The molecule has 1 aliphatic carbocycles. The topological polar surface area (TPSA) is 18.5 Å². The molecule has 0 bridgehead atoms. The van der Waals surface area contributed by atoms with Gasteiger partial charge in [-0.15, -0.1) is 0 Å². The highest BCUT2D eigenvalue weighted by atomic mass is 16.6. The molecule has 0 radical (unpaired) electrons. The number of ether oxygens (including phenoxy) is 2. The lowest BCUT2D eigenvalue weighted by Crippen LogP contribution is -2.62. The van der Waals surface area contributed by atoms with Crippen LogP contribution < -0.4 is 0 Å². The van der Waals surface area contributed by atoms with E-state index in [4.69, 9.17) is 9.47 Å². The van der Waals surface area contributed by atoms with Crippen LogP contribution in [-0.2, 0) is 9.47 Å². The lowest BCUT2D eigenvalue weighted by atomic mass is 9.58. The second kappa shape index (κ2) is 2.71. The van der Waals surface area contributed by atoms with Crippen LogP contribution in [0.3, 0.4) is 0 Å². The molecule has 2 aliphatic rings. The standard InChI is InChI=1S/C11H20O2/c1-5-12-11-6-8(2)9(11)7-13-10(11,3)4/h8-9H,5-7H2,1-4H3/t8-,9+,11+/m1/s1. The summed E-state index contributed by atoms with van der Waals surface area (Å²) in [5.74, 6) is 1.40. The summed E-state index contributed by atoms with van der Waals surface area (Å²) in [7, 11) is 0. The van der Waals surface area contributed by atoms with Gasteiger partial charge in [-0.05, 0) is 33.1 Å². The Kier molecular flexibility index (Phi) is 1.97. The highest BCUT2D eigenvalue weighted by Crippen LogP contribution is 2.58. The molecule has 2 fully saturated rings. The van der Waals surface area contributed by atoms with Crippen molar-refractivity contribution >= 4 is 0 Å². The van der Waals surface area contributed by atoms with Gasteiger partial charge < -0.3 is 9.47 Å². The average molecular weight is 184 g/mol. The Morgan fingerprint density at radius 3 is 2.69 bits per heavy atom. The van der Waals surface area contributed by atoms with Gasteiger partial charge in [-0.2, -0.15) is 0 Å². The van der Waals surface area contributed by atoms with Crippen molar-refractivity contribution in [2.45, 2.75) is 45.3 Å². The van der Waals surface area contributed by atoms with Crippen LogP contribution in [-0.4, -0.2) is 24.4 Å². The van der Waals surface area contributed by atoms with Crippen molar-refractivity contribution in [3.05, 3.63) is 0 Å². The molecule has 2 rings (SSSR count). The molecule has 1 heterocycles. The molecule has 76 valence electrons. The quantitative estimate of drug-likeness (QED) is 0.655. The predicted molar refractivity (Wildman–Crippen MR) is 51.7 cm³/mol. The maximum atomic E-state index is 5.95. The Labute approximate surface area is 80.6 Å².